The van der Waals surface area contributed by atoms with Gasteiger partial charge in [0.2, 0.25) is 0 Å². The largest absolute Gasteiger partial charge is 0.461 e. The minimum Gasteiger partial charge on any atom is -0.461 e. The lowest BCUT2D eigenvalue weighted by Gasteiger charge is -2.34. The van der Waals surface area contributed by atoms with Gasteiger partial charge in [-0.2, -0.15) is 23.1 Å². The molecule has 6 rings (SSSR count). The molecular formula is C27H31ClF5N7O. The molecule has 2 aromatic rings. The van der Waals surface area contributed by atoms with Crippen LogP contribution in [0.2, 0.25) is 5.02 Å². The highest BCUT2D eigenvalue weighted by Crippen LogP contribution is 2.44. The fraction of sp³-hybridized carbons (Fsp3) is 0.556. The third-order valence-corrected chi connectivity index (χ3v) is 8.83. The Morgan fingerprint density at radius 3 is 2.73 bits per heavy atom. The minimum absolute atomic E-state index is 0.0114. The molecule has 4 heterocycles. The second kappa shape index (κ2) is 10.2. The molecule has 6 N–H and O–H groups in total. The van der Waals surface area contributed by atoms with Gasteiger partial charge in [-0.15, -0.1) is 0 Å². The first-order chi connectivity index (χ1) is 19.3. The van der Waals surface area contributed by atoms with Gasteiger partial charge in [0.05, 0.1) is 33.6 Å². The van der Waals surface area contributed by atoms with Crippen molar-refractivity contribution in [3.05, 3.63) is 39.7 Å². The van der Waals surface area contributed by atoms with E-state index in [4.69, 9.17) is 27.8 Å². The molecule has 14 heteroatoms. The maximum absolute atomic E-state index is 16.4. The van der Waals surface area contributed by atoms with E-state index in [0.717, 1.165) is 19.4 Å². The van der Waals surface area contributed by atoms with Crippen LogP contribution in [-0.4, -0.2) is 70.7 Å². The van der Waals surface area contributed by atoms with Gasteiger partial charge in [0.1, 0.15) is 24.1 Å². The summed E-state index contributed by atoms with van der Waals surface area (Å²) in [6.07, 6.45) is -2.31. The number of aromatic nitrogens is 2. The molecule has 2 unspecified atom stereocenters. The summed E-state index contributed by atoms with van der Waals surface area (Å²) < 4.78 is 79.0. The summed E-state index contributed by atoms with van der Waals surface area (Å²) in [6.45, 7) is 2.44. The standard InChI is InChI=1S/C27H31ClF5N7O/c1-12-5-18(35)37-23(20(12)27(31,32)33)19-17(28)8-16-22(21(19)30)38-25(39-24(16)36-15-6-14(34)7-15)41-11-26-3-2-4-40(26)10-13(29)9-26/h5,8,13-15,18,37H,2-4,6-7,9-11,34-35H2,1H3,(H,36,38,39)/t13-,14?,15?,18?,26?/m1/s1. The van der Waals surface area contributed by atoms with Crippen LogP contribution >= 0.6 is 11.6 Å². The number of halogens is 6. The molecule has 3 fully saturated rings. The Hall–Kier alpha value is -2.74. The fourth-order valence-corrected chi connectivity index (χ4v) is 6.88. The van der Waals surface area contributed by atoms with E-state index < -0.39 is 46.7 Å². The summed E-state index contributed by atoms with van der Waals surface area (Å²) in [6, 6.07) is 1.13. The van der Waals surface area contributed by atoms with Crippen molar-refractivity contribution in [2.45, 2.75) is 75.2 Å². The molecule has 2 saturated heterocycles. The van der Waals surface area contributed by atoms with Crippen LogP contribution in [0.5, 0.6) is 6.01 Å². The van der Waals surface area contributed by atoms with Crippen LogP contribution in [0.15, 0.2) is 23.3 Å². The van der Waals surface area contributed by atoms with E-state index in [1.807, 2.05) is 0 Å². The van der Waals surface area contributed by atoms with Gasteiger partial charge in [0.25, 0.3) is 0 Å². The van der Waals surface area contributed by atoms with Crippen LogP contribution < -0.4 is 26.8 Å². The number of nitrogens with zero attached hydrogens (tertiary/aromatic N) is 3. The Morgan fingerprint density at radius 2 is 2.02 bits per heavy atom. The quantitative estimate of drug-likeness (QED) is 0.362. The third-order valence-electron chi connectivity index (χ3n) is 8.53. The lowest BCUT2D eigenvalue weighted by atomic mass is 9.87. The second-order valence-electron chi connectivity index (χ2n) is 11.5. The zero-order valence-corrected chi connectivity index (χ0v) is 23.0. The lowest BCUT2D eigenvalue weighted by Crippen LogP contribution is -2.44. The van der Waals surface area contributed by atoms with Gasteiger partial charge in [0.15, 0.2) is 5.82 Å². The maximum Gasteiger partial charge on any atom is 0.418 e. The van der Waals surface area contributed by atoms with Crippen LogP contribution in [0, 0.1) is 5.82 Å². The van der Waals surface area contributed by atoms with Crippen molar-refractivity contribution in [3.63, 3.8) is 0 Å². The van der Waals surface area contributed by atoms with Crippen LogP contribution in [0.25, 0.3) is 16.6 Å². The Bertz CT molecular complexity index is 1440. The Kier molecular flexibility index (Phi) is 7.07. The Balaban J connectivity index is 1.46. The number of fused-ring (bicyclic) bond motifs is 2. The summed E-state index contributed by atoms with van der Waals surface area (Å²) in [4.78, 5) is 10.8. The van der Waals surface area contributed by atoms with Gasteiger partial charge in [-0.05, 0) is 56.9 Å². The number of alkyl halides is 4. The number of hydrogen-bond donors (Lipinski definition) is 4. The average molecular weight is 600 g/mol. The van der Waals surface area contributed by atoms with Crippen LogP contribution in [0.3, 0.4) is 0 Å². The van der Waals surface area contributed by atoms with Crippen LogP contribution in [0.4, 0.5) is 27.8 Å². The van der Waals surface area contributed by atoms with Crippen LogP contribution in [-0.2, 0) is 0 Å². The predicted molar refractivity (Wildman–Crippen MR) is 146 cm³/mol. The molecule has 41 heavy (non-hydrogen) atoms. The van der Waals surface area contributed by atoms with E-state index in [9.17, 15) is 17.6 Å². The zero-order chi connectivity index (χ0) is 29.3. The third kappa shape index (κ3) is 5.10. The van der Waals surface area contributed by atoms with Crippen molar-refractivity contribution in [3.8, 4) is 6.01 Å². The smallest absolute Gasteiger partial charge is 0.418 e. The molecule has 0 bridgehead atoms. The summed E-state index contributed by atoms with van der Waals surface area (Å²) in [7, 11) is 0. The first-order valence-corrected chi connectivity index (χ1v) is 14.0. The molecule has 4 aliphatic rings. The number of nitrogens with two attached hydrogens (primary N) is 2. The number of rotatable bonds is 6. The number of anilines is 1. The Morgan fingerprint density at radius 1 is 1.27 bits per heavy atom. The zero-order valence-electron chi connectivity index (χ0n) is 22.3. The topological polar surface area (TPSA) is 114 Å². The molecular weight excluding hydrogens is 569 g/mol. The van der Waals surface area contributed by atoms with E-state index in [-0.39, 0.29) is 52.0 Å². The molecule has 1 aromatic heterocycles. The fourth-order valence-electron chi connectivity index (χ4n) is 6.59. The van der Waals surface area contributed by atoms with E-state index in [1.54, 1.807) is 0 Å². The number of hydrogen-bond acceptors (Lipinski definition) is 8. The highest BCUT2D eigenvalue weighted by Gasteiger charge is 2.49. The predicted octanol–water partition coefficient (Wildman–Crippen LogP) is 4.39. The number of benzene rings is 1. The van der Waals surface area contributed by atoms with Crippen molar-refractivity contribution in [2.24, 2.45) is 11.5 Å². The second-order valence-corrected chi connectivity index (χ2v) is 11.9. The molecule has 222 valence electrons. The first-order valence-electron chi connectivity index (χ1n) is 13.6. The minimum atomic E-state index is -4.81. The van der Waals surface area contributed by atoms with Gasteiger partial charge in [-0.25, -0.2) is 8.78 Å². The number of allylic oxidation sites excluding steroid dienone is 2. The van der Waals surface area contributed by atoms with E-state index in [1.165, 1.54) is 19.1 Å². The monoisotopic (exact) mass is 599 g/mol. The van der Waals surface area contributed by atoms with E-state index in [0.29, 0.717) is 25.8 Å². The van der Waals surface area contributed by atoms with Crippen molar-refractivity contribution >= 4 is 34.0 Å². The van der Waals surface area contributed by atoms with Gasteiger partial charge in [0, 0.05) is 30.4 Å². The molecule has 8 nitrogen and oxygen atoms in total. The molecule has 1 aliphatic carbocycles. The lowest BCUT2D eigenvalue weighted by molar-refractivity contribution is -0.0892. The molecule has 3 atom stereocenters. The molecule has 0 amide bonds. The highest BCUT2D eigenvalue weighted by molar-refractivity contribution is 6.33. The molecule has 1 aromatic carbocycles. The van der Waals surface area contributed by atoms with Crippen molar-refractivity contribution < 1.29 is 26.7 Å². The number of dihydropyridines is 1. The van der Waals surface area contributed by atoms with Gasteiger partial charge in [-0.3, -0.25) is 4.90 Å². The molecule has 0 spiro atoms. The van der Waals surface area contributed by atoms with Crippen molar-refractivity contribution in [1.82, 2.24) is 20.2 Å². The summed E-state index contributed by atoms with van der Waals surface area (Å²) >= 11 is 6.48. The van der Waals surface area contributed by atoms with Gasteiger partial charge in [-0.1, -0.05) is 11.6 Å². The first kappa shape index (κ1) is 28.4. The van der Waals surface area contributed by atoms with Gasteiger partial charge < -0.3 is 26.8 Å². The number of ether oxygens (including phenoxy) is 1. The highest BCUT2D eigenvalue weighted by atomic mass is 35.5. The maximum atomic E-state index is 16.4. The average Bonchev–Trinajstić information content (AvgIpc) is 3.36. The van der Waals surface area contributed by atoms with Gasteiger partial charge >= 0.3 is 12.2 Å². The van der Waals surface area contributed by atoms with Crippen LogP contribution in [0.1, 0.15) is 44.6 Å². The van der Waals surface area contributed by atoms with E-state index >= 15 is 4.39 Å². The number of nitrogens with one attached hydrogen (secondary N) is 2. The van der Waals surface area contributed by atoms with E-state index in [2.05, 4.69) is 25.5 Å². The molecule has 0 radical (unpaired) electrons. The normalized spacial score (nSPS) is 30.2. The summed E-state index contributed by atoms with van der Waals surface area (Å²) in [5.41, 5.74) is 8.75. The summed E-state index contributed by atoms with van der Waals surface area (Å²) in [5.74, 6) is -0.858. The molecule has 3 aliphatic heterocycles. The van der Waals surface area contributed by atoms with Crippen molar-refractivity contribution in [2.75, 3.05) is 25.0 Å². The SMILES string of the molecule is CC1=CC(N)NC(c2c(Cl)cc3c(NC4CC(N)C4)nc(OCC45CCCN4C[C@H](F)C5)nc3c2F)=C1C(F)(F)F. The Labute approximate surface area is 238 Å². The molecule has 1 saturated carbocycles. The summed E-state index contributed by atoms with van der Waals surface area (Å²) in [5, 5.41) is 5.67. The van der Waals surface area contributed by atoms with Crippen molar-refractivity contribution in [1.29, 1.82) is 0 Å².